The van der Waals surface area contributed by atoms with Gasteiger partial charge in [0.25, 0.3) is 0 Å². The number of nitrogens with one attached hydrogen (secondary N) is 1. The fourth-order valence-electron chi connectivity index (χ4n) is 4.27. The zero-order valence-electron chi connectivity index (χ0n) is 29.6. The molecule has 0 radical (unpaired) electrons. The molecule has 1 aliphatic rings. The van der Waals surface area contributed by atoms with Crippen LogP contribution in [0.2, 0.25) is 0 Å². The summed E-state index contributed by atoms with van der Waals surface area (Å²) in [5, 5.41) is 3.33. The molecule has 286 valence electrons. The van der Waals surface area contributed by atoms with Gasteiger partial charge in [-0.3, -0.25) is 0 Å². The highest BCUT2D eigenvalue weighted by atomic mass is 16.6. The summed E-state index contributed by atoms with van der Waals surface area (Å²) in [6, 6.07) is 9.68. The third-order valence-corrected chi connectivity index (χ3v) is 6.83. The van der Waals surface area contributed by atoms with Crippen molar-refractivity contribution in [1.82, 2.24) is 5.32 Å². The Morgan fingerprint density at radius 1 is 0.367 bits per heavy atom. The summed E-state index contributed by atoms with van der Waals surface area (Å²) in [6.45, 7) is 14.8. The van der Waals surface area contributed by atoms with Crippen LogP contribution in [-0.4, -0.2) is 178 Å². The fourth-order valence-corrected chi connectivity index (χ4v) is 4.27. The molecule has 2 rings (SSSR count). The minimum atomic E-state index is 0.371. The molecule has 0 saturated carbocycles. The van der Waals surface area contributed by atoms with Crippen LogP contribution in [0.1, 0.15) is 12.8 Å². The van der Waals surface area contributed by atoms with E-state index in [1.165, 1.54) is 0 Å². The van der Waals surface area contributed by atoms with E-state index in [-0.39, 0.29) is 0 Å². The first-order valence-corrected chi connectivity index (χ1v) is 17.8. The van der Waals surface area contributed by atoms with Gasteiger partial charge < -0.3 is 66.9 Å². The molecule has 1 heterocycles. The molecule has 1 saturated heterocycles. The molecule has 49 heavy (non-hydrogen) atoms. The molecule has 1 aliphatic heterocycles. The molecule has 0 spiro atoms. The predicted molar refractivity (Wildman–Crippen MR) is 183 cm³/mol. The van der Waals surface area contributed by atoms with Crippen molar-refractivity contribution < 1.29 is 61.6 Å². The van der Waals surface area contributed by atoms with Crippen molar-refractivity contribution in [2.24, 2.45) is 0 Å². The number of piperidine rings is 1. The molecule has 0 aliphatic carbocycles. The summed E-state index contributed by atoms with van der Waals surface area (Å²) in [6.07, 6.45) is 2.53. The average Bonchev–Trinajstić information content (AvgIpc) is 3.13. The van der Waals surface area contributed by atoms with Gasteiger partial charge >= 0.3 is 0 Å². The van der Waals surface area contributed by atoms with Gasteiger partial charge in [0, 0.05) is 0 Å². The van der Waals surface area contributed by atoms with Crippen LogP contribution in [0.25, 0.3) is 0 Å². The van der Waals surface area contributed by atoms with Crippen molar-refractivity contribution in [1.29, 1.82) is 0 Å². The largest absolute Gasteiger partial charge is 0.491 e. The smallest absolute Gasteiger partial charge is 0.119 e. The molecule has 1 fully saturated rings. The molecule has 0 aromatic heterocycles. The Bertz CT molecular complexity index is 777. The highest BCUT2D eigenvalue weighted by Gasteiger charge is 2.12. The van der Waals surface area contributed by atoms with Crippen LogP contribution in [0.3, 0.4) is 0 Å². The van der Waals surface area contributed by atoms with E-state index in [9.17, 15) is 0 Å². The Labute approximate surface area is 293 Å². The highest BCUT2D eigenvalue weighted by molar-refractivity contribution is 5.20. The van der Waals surface area contributed by atoms with E-state index in [0.29, 0.717) is 165 Å². The van der Waals surface area contributed by atoms with Crippen LogP contribution >= 0.6 is 0 Å². The summed E-state index contributed by atoms with van der Waals surface area (Å²) >= 11 is 0. The van der Waals surface area contributed by atoms with E-state index in [1.54, 1.807) is 0 Å². The Balaban J connectivity index is 1.12. The van der Waals surface area contributed by atoms with Gasteiger partial charge in [-0.05, 0) is 38.1 Å². The van der Waals surface area contributed by atoms with Crippen LogP contribution in [0.15, 0.2) is 30.3 Å². The van der Waals surface area contributed by atoms with Crippen molar-refractivity contribution >= 4 is 0 Å². The van der Waals surface area contributed by atoms with Crippen molar-refractivity contribution in [3.63, 3.8) is 0 Å². The molecule has 0 amide bonds. The molecule has 1 aromatic rings. The number of para-hydroxylation sites is 1. The van der Waals surface area contributed by atoms with Gasteiger partial charge in [0.15, 0.2) is 0 Å². The van der Waals surface area contributed by atoms with Crippen molar-refractivity contribution in [2.75, 3.05) is 172 Å². The standard InChI is InChI=1S/C35H63NO13/c1-2-4-34(5-3-1)48-32-30-46-28-26-44-24-22-42-20-18-40-16-14-38-12-10-37-11-13-39-15-17-41-19-21-43-23-25-45-27-29-47-31-33-49-35-6-8-36-9-7-35/h1-5,35-36H,6-33H2. The van der Waals surface area contributed by atoms with Gasteiger partial charge in [-0.2, -0.15) is 0 Å². The normalized spacial score (nSPS) is 13.7. The summed E-state index contributed by atoms with van der Waals surface area (Å²) in [5.41, 5.74) is 0. The molecule has 1 aromatic carbocycles. The molecule has 0 unspecified atom stereocenters. The Morgan fingerprint density at radius 2 is 0.653 bits per heavy atom. The Morgan fingerprint density at radius 3 is 0.980 bits per heavy atom. The molecule has 0 bridgehead atoms. The van der Waals surface area contributed by atoms with E-state index in [1.807, 2.05) is 30.3 Å². The number of benzene rings is 1. The number of hydrogen-bond donors (Lipinski definition) is 1. The molecule has 0 atom stereocenters. The van der Waals surface area contributed by atoms with E-state index < -0.39 is 0 Å². The third-order valence-electron chi connectivity index (χ3n) is 6.83. The summed E-state index contributed by atoms with van der Waals surface area (Å²) < 4.78 is 71.8. The van der Waals surface area contributed by atoms with Crippen LogP contribution in [-0.2, 0) is 56.8 Å². The van der Waals surface area contributed by atoms with Crippen LogP contribution < -0.4 is 10.1 Å². The molecule has 1 N–H and O–H groups in total. The molecular weight excluding hydrogens is 642 g/mol. The SMILES string of the molecule is c1ccc(OCCOCCOCCOCCOCCOCCOCCOCCOCCOCCOCCOCCOC2CCNCC2)cc1. The second-order valence-electron chi connectivity index (χ2n) is 10.7. The van der Waals surface area contributed by atoms with Crippen LogP contribution in [0.5, 0.6) is 5.75 Å². The van der Waals surface area contributed by atoms with E-state index in [2.05, 4.69) is 5.32 Å². The fraction of sp³-hybridized carbons (Fsp3) is 0.829. The minimum Gasteiger partial charge on any atom is -0.491 e. The lowest BCUT2D eigenvalue weighted by Gasteiger charge is -2.22. The zero-order valence-corrected chi connectivity index (χ0v) is 29.6. The monoisotopic (exact) mass is 705 g/mol. The molecule has 14 nitrogen and oxygen atoms in total. The van der Waals surface area contributed by atoms with Gasteiger partial charge in [0.2, 0.25) is 0 Å². The quantitative estimate of drug-likeness (QED) is 0.101. The van der Waals surface area contributed by atoms with E-state index in [0.717, 1.165) is 31.7 Å². The topological polar surface area (TPSA) is 132 Å². The first-order valence-electron chi connectivity index (χ1n) is 17.8. The second-order valence-corrected chi connectivity index (χ2v) is 10.7. The maximum absolute atomic E-state index is 5.79. The summed E-state index contributed by atoms with van der Waals surface area (Å²) in [4.78, 5) is 0. The molecular formula is C35H63NO13. The van der Waals surface area contributed by atoms with Crippen LogP contribution in [0, 0.1) is 0 Å². The number of ether oxygens (including phenoxy) is 13. The van der Waals surface area contributed by atoms with Gasteiger partial charge in [-0.1, -0.05) is 18.2 Å². The van der Waals surface area contributed by atoms with Crippen molar-refractivity contribution in [3.05, 3.63) is 30.3 Å². The lowest BCUT2D eigenvalue weighted by atomic mass is 10.1. The van der Waals surface area contributed by atoms with Gasteiger partial charge in [-0.15, -0.1) is 0 Å². The van der Waals surface area contributed by atoms with Crippen molar-refractivity contribution in [2.45, 2.75) is 18.9 Å². The van der Waals surface area contributed by atoms with E-state index >= 15 is 0 Å². The van der Waals surface area contributed by atoms with Crippen LogP contribution in [0.4, 0.5) is 0 Å². The maximum atomic E-state index is 5.79. The van der Waals surface area contributed by atoms with Crippen molar-refractivity contribution in [3.8, 4) is 5.75 Å². The van der Waals surface area contributed by atoms with Gasteiger partial charge in [-0.25, -0.2) is 0 Å². The average molecular weight is 706 g/mol. The Kier molecular flexibility index (Phi) is 32.3. The first kappa shape index (κ1) is 43.7. The van der Waals surface area contributed by atoms with Gasteiger partial charge in [0.1, 0.15) is 12.4 Å². The highest BCUT2D eigenvalue weighted by Crippen LogP contribution is 2.08. The molecule has 14 heteroatoms. The van der Waals surface area contributed by atoms with Gasteiger partial charge in [0.05, 0.1) is 158 Å². The third kappa shape index (κ3) is 31.0. The number of hydrogen-bond acceptors (Lipinski definition) is 14. The lowest BCUT2D eigenvalue weighted by Crippen LogP contribution is -2.33. The first-order chi connectivity index (χ1) is 24.4. The Hall–Kier alpha value is -1.50. The number of rotatable bonds is 38. The maximum Gasteiger partial charge on any atom is 0.119 e. The predicted octanol–water partition coefficient (Wildman–Crippen LogP) is 2.02. The minimum absolute atomic E-state index is 0.371. The summed E-state index contributed by atoms with van der Waals surface area (Å²) in [7, 11) is 0. The summed E-state index contributed by atoms with van der Waals surface area (Å²) in [5.74, 6) is 0.844. The lowest BCUT2D eigenvalue weighted by molar-refractivity contribution is -0.0326. The second kappa shape index (κ2) is 36.3. The van der Waals surface area contributed by atoms with E-state index in [4.69, 9.17) is 61.6 Å². The zero-order chi connectivity index (χ0) is 34.4.